The zero-order chi connectivity index (χ0) is 13.1. The molecule has 2 N–H and O–H groups in total. The van der Waals surface area contributed by atoms with Crippen molar-refractivity contribution in [2.45, 2.75) is 6.04 Å². The Morgan fingerprint density at radius 1 is 1.39 bits per heavy atom. The predicted octanol–water partition coefficient (Wildman–Crippen LogP) is 1.06. The molecule has 1 heterocycles. The van der Waals surface area contributed by atoms with Gasteiger partial charge in [-0.05, 0) is 31.8 Å². The molecule has 5 heteroatoms. The number of nitrogens with two attached hydrogens (primary N) is 1. The summed E-state index contributed by atoms with van der Waals surface area (Å²) in [4.78, 5) is 8.46. The van der Waals surface area contributed by atoms with Gasteiger partial charge < -0.3 is 15.5 Å². The van der Waals surface area contributed by atoms with Gasteiger partial charge in [0.05, 0.1) is 12.6 Å². The fourth-order valence-corrected chi connectivity index (χ4v) is 2.08. The number of guanidine groups is 1. The van der Waals surface area contributed by atoms with Crippen LogP contribution in [-0.2, 0) is 0 Å². The van der Waals surface area contributed by atoms with Gasteiger partial charge in [-0.1, -0.05) is 12.1 Å². The van der Waals surface area contributed by atoms with Gasteiger partial charge in [0.25, 0.3) is 0 Å². The summed E-state index contributed by atoms with van der Waals surface area (Å²) in [5, 5.41) is 0. The summed E-state index contributed by atoms with van der Waals surface area (Å²) in [5.41, 5.74) is 6.96. The number of likely N-dealkylation sites (N-methyl/N-ethyl adjacent to an activating group) is 1. The topological polar surface area (TPSA) is 44.9 Å². The highest BCUT2D eigenvalue weighted by molar-refractivity contribution is 5.80. The maximum atomic E-state index is 12.9. The molecule has 0 amide bonds. The first-order valence-corrected chi connectivity index (χ1v) is 6.04. The molecule has 18 heavy (non-hydrogen) atoms. The predicted molar refractivity (Wildman–Crippen MR) is 70.9 cm³/mol. The van der Waals surface area contributed by atoms with E-state index in [1.807, 2.05) is 14.1 Å². The third-order valence-corrected chi connectivity index (χ3v) is 3.14. The lowest BCUT2D eigenvalue weighted by Gasteiger charge is -2.27. The normalized spacial score (nSPS) is 19.4. The van der Waals surface area contributed by atoms with Crippen molar-refractivity contribution < 1.29 is 4.39 Å². The molecule has 0 saturated heterocycles. The SMILES string of the molecule is CN(C)CCN1C(N)=NCC1c1ccc(F)cc1. The summed E-state index contributed by atoms with van der Waals surface area (Å²) in [6, 6.07) is 6.70. The maximum absolute atomic E-state index is 12.9. The molecular weight excluding hydrogens is 231 g/mol. The summed E-state index contributed by atoms with van der Waals surface area (Å²) in [7, 11) is 4.05. The van der Waals surface area contributed by atoms with Crippen LogP contribution in [0, 0.1) is 5.82 Å². The maximum Gasteiger partial charge on any atom is 0.191 e. The van der Waals surface area contributed by atoms with Crippen LogP contribution in [0.15, 0.2) is 29.3 Å². The second-order valence-corrected chi connectivity index (χ2v) is 4.76. The van der Waals surface area contributed by atoms with Crippen LogP contribution in [0.5, 0.6) is 0 Å². The van der Waals surface area contributed by atoms with Gasteiger partial charge in [0.15, 0.2) is 5.96 Å². The summed E-state index contributed by atoms with van der Waals surface area (Å²) in [6.45, 7) is 2.38. The Balaban J connectivity index is 2.10. The third-order valence-electron chi connectivity index (χ3n) is 3.14. The van der Waals surface area contributed by atoms with E-state index in [4.69, 9.17) is 5.73 Å². The van der Waals surface area contributed by atoms with Crippen LogP contribution < -0.4 is 5.73 Å². The van der Waals surface area contributed by atoms with Crippen molar-refractivity contribution in [1.29, 1.82) is 0 Å². The average Bonchev–Trinajstić information content (AvgIpc) is 2.69. The summed E-state index contributed by atoms with van der Waals surface area (Å²) >= 11 is 0. The van der Waals surface area contributed by atoms with Gasteiger partial charge >= 0.3 is 0 Å². The van der Waals surface area contributed by atoms with Gasteiger partial charge in [0.1, 0.15) is 5.82 Å². The Hall–Kier alpha value is -1.62. The lowest BCUT2D eigenvalue weighted by Crippen LogP contribution is -2.40. The van der Waals surface area contributed by atoms with E-state index in [-0.39, 0.29) is 11.9 Å². The van der Waals surface area contributed by atoms with Crippen molar-refractivity contribution in [2.75, 3.05) is 33.7 Å². The Kier molecular flexibility index (Phi) is 3.81. The summed E-state index contributed by atoms with van der Waals surface area (Å²) in [5.74, 6) is 0.358. The van der Waals surface area contributed by atoms with E-state index in [9.17, 15) is 4.39 Å². The highest BCUT2D eigenvalue weighted by atomic mass is 19.1. The molecule has 1 aliphatic rings. The number of halogens is 1. The van der Waals surface area contributed by atoms with Crippen molar-refractivity contribution in [3.05, 3.63) is 35.6 Å². The van der Waals surface area contributed by atoms with Gasteiger partial charge in [-0.3, -0.25) is 4.99 Å². The molecule has 0 fully saturated rings. The first kappa shape index (κ1) is 12.8. The number of rotatable bonds is 4. The quantitative estimate of drug-likeness (QED) is 0.869. The van der Waals surface area contributed by atoms with Crippen LogP contribution in [-0.4, -0.2) is 49.5 Å². The molecular formula is C13H19FN4. The van der Waals surface area contributed by atoms with Crippen molar-refractivity contribution >= 4 is 5.96 Å². The lowest BCUT2D eigenvalue weighted by molar-refractivity contribution is 0.293. The molecule has 0 bridgehead atoms. The van der Waals surface area contributed by atoms with E-state index in [0.29, 0.717) is 12.5 Å². The molecule has 2 rings (SSSR count). The molecule has 0 aromatic heterocycles. The molecule has 4 nitrogen and oxygen atoms in total. The lowest BCUT2D eigenvalue weighted by atomic mass is 10.1. The minimum atomic E-state index is -0.217. The number of nitrogens with zero attached hydrogens (tertiary/aromatic N) is 3. The molecule has 1 aliphatic heterocycles. The molecule has 1 unspecified atom stereocenters. The Labute approximate surface area is 107 Å². The van der Waals surface area contributed by atoms with Gasteiger partial charge in [0, 0.05) is 13.1 Å². The average molecular weight is 250 g/mol. The fraction of sp³-hybridized carbons (Fsp3) is 0.462. The Morgan fingerprint density at radius 2 is 2.06 bits per heavy atom. The van der Waals surface area contributed by atoms with E-state index in [1.54, 1.807) is 12.1 Å². The van der Waals surface area contributed by atoms with E-state index >= 15 is 0 Å². The first-order valence-electron chi connectivity index (χ1n) is 6.04. The number of benzene rings is 1. The molecule has 1 atom stereocenters. The van der Waals surface area contributed by atoms with Gasteiger partial charge in [-0.2, -0.15) is 0 Å². The second-order valence-electron chi connectivity index (χ2n) is 4.76. The van der Waals surface area contributed by atoms with E-state index < -0.39 is 0 Å². The molecule has 0 aliphatic carbocycles. The van der Waals surface area contributed by atoms with Crippen molar-refractivity contribution in [1.82, 2.24) is 9.80 Å². The highest BCUT2D eigenvalue weighted by Crippen LogP contribution is 2.25. The number of hydrogen-bond donors (Lipinski definition) is 1. The molecule has 0 radical (unpaired) electrons. The fourth-order valence-electron chi connectivity index (χ4n) is 2.08. The largest absolute Gasteiger partial charge is 0.370 e. The van der Waals surface area contributed by atoms with Crippen LogP contribution in [0.25, 0.3) is 0 Å². The van der Waals surface area contributed by atoms with Gasteiger partial charge in [0.2, 0.25) is 0 Å². The minimum Gasteiger partial charge on any atom is -0.370 e. The van der Waals surface area contributed by atoms with Crippen LogP contribution in [0.1, 0.15) is 11.6 Å². The standard InChI is InChI=1S/C13H19FN4/c1-17(2)7-8-18-12(9-16-13(18)15)10-3-5-11(14)6-4-10/h3-6,12H,7-9H2,1-2H3,(H2,15,16). The number of hydrogen-bond acceptors (Lipinski definition) is 4. The van der Waals surface area contributed by atoms with E-state index in [2.05, 4.69) is 14.8 Å². The van der Waals surface area contributed by atoms with Crippen molar-refractivity contribution in [3.63, 3.8) is 0 Å². The van der Waals surface area contributed by atoms with E-state index in [0.717, 1.165) is 18.7 Å². The van der Waals surface area contributed by atoms with E-state index in [1.165, 1.54) is 12.1 Å². The Morgan fingerprint density at radius 3 is 2.67 bits per heavy atom. The minimum absolute atomic E-state index is 0.130. The number of aliphatic imine (C=N–C) groups is 1. The van der Waals surface area contributed by atoms with Crippen LogP contribution in [0.2, 0.25) is 0 Å². The highest BCUT2D eigenvalue weighted by Gasteiger charge is 2.26. The molecule has 0 saturated carbocycles. The summed E-state index contributed by atoms with van der Waals surface area (Å²) in [6.07, 6.45) is 0. The zero-order valence-electron chi connectivity index (χ0n) is 10.8. The second kappa shape index (κ2) is 5.35. The third kappa shape index (κ3) is 2.79. The summed E-state index contributed by atoms with van der Waals surface area (Å²) < 4.78 is 12.9. The van der Waals surface area contributed by atoms with Crippen LogP contribution in [0.3, 0.4) is 0 Å². The zero-order valence-corrected chi connectivity index (χ0v) is 10.8. The van der Waals surface area contributed by atoms with Crippen molar-refractivity contribution in [2.24, 2.45) is 10.7 Å². The van der Waals surface area contributed by atoms with Crippen LogP contribution in [0.4, 0.5) is 4.39 Å². The molecule has 98 valence electrons. The smallest absolute Gasteiger partial charge is 0.191 e. The molecule has 1 aromatic rings. The first-order chi connectivity index (χ1) is 8.58. The van der Waals surface area contributed by atoms with Crippen LogP contribution >= 0.6 is 0 Å². The Bertz CT molecular complexity index is 427. The van der Waals surface area contributed by atoms with Gasteiger partial charge in [-0.25, -0.2) is 4.39 Å². The van der Waals surface area contributed by atoms with Gasteiger partial charge in [-0.15, -0.1) is 0 Å². The molecule has 1 aromatic carbocycles. The monoisotopic (exact) mass is 250 g/mol. The molecule has 0 spiro atoms. The van der Waals surface area contributed by atoms with Crippen molar-refractivity contribution in [3.8, 4) is 0 Å².